The molecule has 3 rings (SSSR count). The summed E-state index contributed by atoms with van der Waals surface area (Å²) in [6.45, 7) is 0. The van der Waals surface area contributed by atoms with E-state index in [2.05, 4.69) is 4.72 Å². The Morgan fingerprint density at radius 2 is 1.85 bits per heavy atom. The molecule has 9 heteroatoms. The standard InChI is InChI=1S/C17H17ClN2O5S/c1-25-15-11-14(20(21)22)7-8-16(15)26(23,24)19-17(9-2-10-17)12-3-5-13(18)6-4-12/h3-8,11,19H,2,9-10H2,1H3. The minimum absolute atomic E-state index is 0.0720. The van der Waals surface area contributed by atoms with Crippen molar-refractivity contribution in [3.63, 3.8) is 0 Å². The molecule has 0 amide bonds. The third kappa shape index (κ3) is 3.40. The lowest BCUT2D eigenvalue weighted by molar-refractivity contribution is -0.385. The molecule has 1 N–H and O–H groups in total. The van der Waals surface area contributed by atoms with E-state index in [1.165, 1.54) is 13.2 Å². The van der Waals surface area contributed by atoms with E-state index in [9.17, 15) is 18.5 Å². The van der Waals surface area contributed by atoms with Gasteiger partial charge in [0.1, 0.15) is 10.6 Å². The van der Waals surface area contributed by atoms with Crippen molar-refractivity contribution in [1.82, 2.24) is 4.72 Å². The molecule has 0 radical (unpaired) electrons. The zero-order valence-corrected chi connectivity index (χ0v) is 15.5. The number of nitro benzene ring substituents is 1. The molecule has 2 aromatic carbocycles. The Morgan fingerprint density at radius 3 is 2.35 bits per heavy atom. The van der Waals surface area contributed by atoms with Crippen LogP contribution in [0.1, 0.15) is 24.8 Å². The number of hydrogen-bond donors (Lipinski definition) is 1. The minimum atomic E-state index is -3.95. The molecule has 0 atom stereocenters. The van der Waals surface area contributed by atoms with E-state index in [1.54, 1.807) is 24.3 Å². The van der Waals surface area contributed by atoms with E-state index < -0.39 is 20.5 Å². The van der Waals surface area contributed by atoms with Crippen LogP contribution in [0.25, 0.3) is 0 Å². The molecule has 26 heavy (non-hydrogen) atoms. The third-order valence-corrected chi connectivity index (χ3v) is 6.41. The maximum atomic E-state index is 13.0. The number of non-ortho nitro benzene ring substituents is 1. The van der Waals surface area contributed by atoms with Crippen LogP contribution in [0.5, 0.6) is 5.75 Å². The van der Waals surface area contributed by atoms with Crippen LogP contribution in [-0.2, 0) is 15.6 Å². The molecule has 138 valence electrons. The summed E-state index contributed by atoms with van der Waals surface area (Å²) in [5.41, 5.74) is -0.120. The number of nitrogens with zero attached hydrogens (tertiary/aromatic N) is 1. The van der Waals surface area contributed by atoms with Gasteiger partial charge in [-0.05, 0) is 43.0 Å². The number of halogens is 1. The molecule has 0 saturated heterocycles. The molecule has 1 aliphatic rings. The van der Waals surface area contributed by atoms with Gasteiger partial charge in [0.15, 0.2) is 0 Å². The average molecular weight is 397 g/mol. The second kappa shape index (κ2) is 6.86. The first-order chi connectivity index (χ1) is 12.3. The van der Waals surface area contributed by atoms with Gasteiger partial charge in [-0.3, -0.25) is 10.1 Å². The van der Waals surface area contributed by atoms with Gasteiger partial charge in [0.2, 0.25) is 10.0 Å². The molecule has 1 aliphatic carbocycles. The number of benzene rings is 2. The molecule has 7 nitrogen and oxygen atoms in total. The topological polar surface area (TPSA) is 98.5 Å². The van der Waals surface area contributed by atoms with E-state index in [1.807, 2.05) is 0 Å². The lowest BCUT2D eigenvalue weighted by Crippen LogP contribution is -2.50. The number of ether oxygens (including phenoxy) is 1. The summed E-state index contributed by atoms with van der Waals surface area (Å²) in [5, 5.41) is 11.5. The third-order valence-electron chi connectivity index (χ3n) is 4.58. The van der Waals surface area contributed by atoms with E-state index in [-0.39, 0.29) is 16.3 Å². The summed E-state index contributed by atoms with van der Waals surface area (Å²) in [5.74, 6) is -0.0720. The van der Waals surface area contributed by atoms with Crippen LogP contribution in [0.3, 0.4) is 0 Å². The van der Waals surface area contributed by atoms with Gasteiger partial charge in [0, 0.05) is 11.1 Å². The number of methoxy groups -OCH3 is 1. The van der Waals surface area contributed by atoms with E-state index >= 15 is 0 Å². The molecule has 0 bridgehead atoms. The van der Waals surface area contributed by atoms with Crippen molar-refractivity contribution in [1.29, 1.82) is 0 Å². The summed E-state index contributed by atoms with van der Waals surface area (Å²) in [6.07, 6.45) is 2.20. The number of nitrogens with one attached hydrogen (secondary N) is 1. The molecule has 0 heterocycles. The lowest BCUT2D eigenvalue weighted by atomic mass is 9.73. The molecule has 1 fully saturated rings. The van der Waals surface area contributed by atoms with E-state index in [0.29, 0.717) is 17.9 Å². The highest BCUT2D eigenvalue weighted by Crippen LogP contribution is 2.43. The fourth-order valence-electron chi connectivity index (χ4n) is 3.05. The van der Waals surface area contributed by atoms with Gasteiger partial charge < -0.3 is 4.74 Å². The Morgan fingerprint density at radius 1 is 1.19 bits per heavy atom. The van der Waals surface area contributed by atoms with Gasteiger partial charge in [-0.1, -0.05) is 23.7 Å². The summed E-state index contributed by atoms with van der Waals surface area (Å²) >= 11 is 5.92. The van der Waals surface area contributed by atoms with Crippen molar-refractivity contribution in [2.45, 2.75) is 29.7 Å². The van der Waals surface area contributed by atoms with Crippen LogP contribution < -0.4 is 9.46 Å². The fraction of sp³-hybridized carbons (Fsp3) is 0.294. The van der Waals surface area contributed by atoms with Crippen molar-refractivity contribution in [2.75, 3.05) is 7.11 Å². The van der Waals surface area contributed by atoms with Gasteiger partial charge >= 0.3 is 0 Å². The van der Waals surface area contributed by atoms with Crippen LogP contribution in [0, 0.1) is 10.1 Å². The Bertz CT molecular complexity index is 940. The summed E-state index contributed by atoms with van der Waals surface area (Å²) in [4.78, 5) is 10.2. The fourth-order valence-corrected chi connectivity index (χ4v) is 4.78. The van der Waals surface area contributed by atoms with Crippen molar-refractivity contribution in [3.05, 3.63) is 63.2 Å². The van der Waals surface area contributed by atoms with Crippen LogP contribution in [-0.4, -0.2) is 20.5 Å². The predicted molar refractivity (Wildman–Crippen MR) is 97.0 cm³/mol. The quantitative estimate of drug-likeness (QED) is 0.594. The first-order valence-corrected chi connectivity index (χ1v) is 9.76. The largest absolute Gasteiger partial charge is 0.495 e. The van der Waals surface area contributed by atoms with Gasteiger partial charge in [0.05, 0.1) is 23.6 Å². The Balaban J connectivity index is 1.98. The van der Waals surface area contributed by atoms with E-state index in [0.717, 1.165) is 24.1 Å². The van der Waals surface area contributed by atoms with Gasteiger partial charge in [-0.2, -0.15) is 0 Å². The number of sulfonamides is 1. The molecular formula is C17H17ClN2O5S. The molecule has 0 aromatic heterocycles. The molecule has 1 saturated carbocycles. The monoisotopic (exact) mass is 396 g/mol. The first kappa shape index (κ1) is 18.6. The highest BCUT2D eigenvalue weighted by Gasteiger charge is 2.43. The minimum Gasteiger partial charge on any atom is -0.495 e. The zero-order chi connectivity index (χ0) is 18.9. The molecule has 0 spiro atoms. The average Bonchev–Trinajstić information content (AvgIpc) is 2.58. The second-order valence-electron chi connectivity index (χ2n) is 6.14. The second-order valence-corrected chi connectivity index (χ2v) is 8.23. The Labute approximate surface area is 156 Å². The van der Waals surface area contributed by atoms with Crippen molar-refractivity contribution in [3.8, 4) is 5.75 Å². The van der Waals surface area contributed by atoms with Crippen LogP contribution in [0.2, 0.25) is 5.02 Å². The lowest BCUT2D eigenvalue weighted by Gasteiger charge is -2.42. The highest BCUT2D eigenvalue weighted by molar-refractivity contribution is 7.89. The summed E-state index contributed by atoms with van der Waals surface area (Å²) < 4.78 is 33.7. The summed E-state index contributed by atoms with van der Waals surface area (Å²) in [7, 11) is -2.68. The molecular weight excluding hydrogens is 380 g/mol. The number of hydrogen-bond acceptors (Lipinski definition) is 5. The smallest absolute Gasteiger partial charge is 0.273 e. The normalized spacial score (nSPS) is 15.9. The van der Waals surface area contributed by atoms with Crippen molar-refractivity contribution >= 4 is 27.3 Å². The predicted octanol–water partition coefficient (Wildman–Crippen LogP) is 3.61. The zero-order valence-electron chi connectivity index (χ0n) is 13.9. The number of nitro groups is 1. The Kier molecular flexibility index (Phi) is 4.92. The van der Waals surface area contributed by atoms with Crippen LogP contribution in [0.4, 0.5) is 5.69 Å². The van der Waals surface area contributed by atoms with Crippen LogP contribution >= 0.6 is 11.6 Å². The van der Waals surface area contributed by atoms with Gasteiger partial charge in [-0.25, -0.2) is 13.1 Å². The van der Waals surface area contributed by atoms with Crippen LogP contribution in [0.15, 0.2) is 47.4 Å². The van der Waals surface area contributed by atoms with Crippen molar-refractivity contribution in [2.24, 2.45) is 0 Å². The van der Waals surface area contributed by atoms with Gasteiger partial charge in [-0.15, -0.1) is 0 Å². The molecule has 0 unspecified atom stereocenters. The van der Waals surface area contributed by atoms with E-state index in [4.69, 9.17) is 16.3 Å². The highest BCUT2D eigenvalue weighted by atomic mass is 35.5. The molecule has 0 aliphatic heterocycles. The Hall–Kier alpha value is -2.16. The summed E-state index contributed by atoms with van der Waals surface area (Å²) in [6, 6.07) is 10.5. The maximum absolute atomic E-state index is 13.0. The first-order valence-electron chi connectivity index (χ1n) is 7.90. The van der Waals surface area contributed by atoms with Gasteiger partial charge in [0.25, 0.3) is 5.69 Å². The molecule has 2 aromatic rings. The SMILES string of the molecule is COc1cc([N+](=O)[O-])ccc1S(=O)(=O)NC1(c2ccc(Cl)cc2)CCC1. The maximum Gasteiger partial charge on any atom is 0.273 e. The number of rotatable bonds is 6. The van der Waals surface area contributed by atoms with Crippen molar-refractivity contribution < 1.29 is 18.1 Å².